The van der Waals surface area contributed by atoms with Gasteiger partial charge in [-0.2, -0.15) is 0 Å². The summed E-state index contributed by atoms with van der Waals surface area (Å²) in [5, 5.41) is 0. The normalized spacial score (nSPS) is 11.1. The summed E-state index contributed by atoms with van der Waals surface area (Å²) < 4.78 is 15.9. The summed E-state index contributed by atoms with van der Waals surface area (Å²) in [5.74, 6) is 0.373. The molecular formula is C15H15FN4. The molecule has 0 saturated carbocycles. The SMILES string of the molecule is CCCn1c(-c2ccncc2N)nc2c(F)cccc21. The Hall–Kier alpha value is -2.43. The van der Waals surface area contributed by atoms with Crippen LogP contribution in [0.4, 0.5) is 10.1 Å². The molecule has 0 saturated heterocycles. The molecule has 1 aromatic carbocycles. The Morgan fingerprint density at radius 3 is 2.90 bits per heavy atom. The molecule has 4 nitrogen and oxygen atoms in total. The van der Waals surface area contributed by atoms with E-state index in [1.165, 1.54) is 6.07 Å². The van der Waals surface area contributed by atoms with Crippen LogP contribution in [0.5, 0.6) is 0 Å². The Labute approximate surface area is 116 Å². The van der Waals surface area contributed by atoms with Crippen LogP contribution in [0.2, 0.25) is 0 Å². The summed E-state index contributed by atoms with van der Waals surface area (Å²) in [6.45, 7) is 2.84. The lowest BCUT2D eigenvalue weighted by Gasteiger charge is -2.09. The highest BCUT2D eigenvalue weighted by Crippen LogP contribution is 2.29. The van der Waals surface area contributed by atoms with Gasteiger partial charge in [0.2, 0.25) is 0 Å². The third kappa shape index (κ3) is 1.91. The molecule has 0 bridgehead atoms. The second-order valence-electron chi connectivity index (χ2n) is 4.66. The number of halogens is 1. The number of nitrogens with two attached hydrogens (primary N) is 1. The van der Waals surface area contributed by atoms with Gasteiger partial charge in [-0.3, -0.25) is 4.98 Å². The summed E-state index contributed by atoms with van der Waals surface area (Å²) in [7, 11) is 0. The van der Waals surface area contributed by atoms with Gasteiger partial charge in [0.1, 0.15) is 11.3 Å². The van der Waals surface area contributed by atoms with Crippen molar-refractivity contribution in [2.45, 2.75) is 19.9 Å². The summed E-state index contributed by atoms with van der Waals surface area (Å²) in [6.07, 6.45) is 4.18. The zero-order chi connectivity index (χ0) is 14.1. The van der Waals surface area contributed by atoms with Crippen molar-refractivity contribution in [1.82, 2.24) is 14.5 Å². The van der Waals surface area contributed by atoms with E-state index in [-0.39, 0.29) is 5.82 Å². The molecule has 5 heteroatoms. The first-order valence-corrected chi connectivity index (χ1v) is 6.57. The van der Waals surface area contributed by atoms with E-state index in [4.69, 9.17) is 5.73 Å². The van der Waals surface area contributed by atoms with E-state index < -0.39 is 0 Å². The van der Waals surface area contributed by atoms with Gasteiger partial charge in [0.25, 0.3) is 0 Å². The number of fused-ring (bicyclic) bond motifs is 1. The molecule has 0 radical (unpaired) electrons. The third-order valence-electron chi connectivity index (χ3n) is 3.27. The van der Waals surface area contributed by atoms with E-state index in [1.807, 2.05) is 10.6 Å². The maximum atomic E-state index is 13.9. The maximum absolute atomic E-state index is 13.9. The minimum Gasteiger partial charge on any atom is -0.397 e. The van der Waals surface area contributed by atoms with Crippen LogP contribution in [-0.2, 0) is 6.54 Å². The molecule has 0 atom stereocenters. The fourth-order valence-electron chi connectivity index (χ4n) is 2.38. The molecule has 0 amide bonds. The Morgan fingerprint density at radius 2 is 2.15 bits per heavy atom. The number of hydrogen-bond acceptors (Lipinski definition) is 3. The van der Waals surface area contributed by atoms with Gasteiger partial charge in [0.05, 0.1) is 17.4 Å². The molecule has 2 N–H and O–H groups in total. The molecule has 3 rings (SSSR count). The molecule has 102 valence electrons. The standard InChI is InChI=1S/C15H15FN4/c1-2-8-20-13-5-3-4-11(16)14(13)19-15(20)10-6-7-18-9-12(10)17/h3-7,9H,2,8,17H2,1H3. The van der Waals surface area contributed by atoms with E-state index in [1.54, 1.807) is 24.5 Å². The molecular weight excluding hydrogens is 255 g/mol. The minimum atomic E-state index is -0.314. The number of hydrogen-bond donors (Lipinski definition) is 1. The van der Waals surface area contributed by atoms with Crippen molar-refractivity contribution in [3.63, 3.8) is 0 Å². The Kier molecular flexibility index (Phi) is 3.10. The van der Waals surface area contributed by atoms with Gasteiger partial charge in [-0.05, 0) is 24.6 Å². The van der Waals surface area contributed by atoms with E-state index in [2.05, 4.69) is 16.9 Å². The van der Waals surface area contributed by atoms with E-state index in [9.17, 15) is 4.39 Å². The van der Waals surface area contributed by atoms with Gasteiger partial charge >= 0.3 is 0 Å². The van der Waals surface area contributed by atoms with Gasteiger partial charge in [0.15, 0.2) is 5.82 Å². The number of para-hydroxylation sites is 1. The van der Waals surface area contributed by atoms with Crippen LogP contribution in [0.25, 0.3) is 22.4 Å². The van der Waals surface area contributed by atoms with E-state index in [0.29, 0.717) is 17.0 Å². The fraction of sp³-hybridized carbons (Fsp3) is 0.200. The lowest BCUT2D eigenvalue weighted by molar-refractivity contribution is 0.637. The number of imidazole rings is 1. The molecule has 0 aliphatic rings. The van der Waals surface area contributed by atoms with Crippen LogP contribution in [0, 0.1) is 5.82 Å². The van der Waals surface area contributed by atoms with Gasteiger partial charge in [0, 0.05) is 18.3 Å². The Morgan fingerprint density at radius 1 is 1.30 bits per heavy atom. The van der Waals surface area contributed by atoms with Gasteiger partial charge in [-0.15, -0.1) is 0 Å². The van der Waals surface area contributed by atoms with Crippen molar-refractivity contribution in [2.24, 2.45) is 0 Å². The maximum Gasteiger partial charge on any atom is 0.151 e. The van der Waals surface area contributed by atoms with Crippen molar-refractivity contribution >= 4 is 16.7 Å². The first-order chi connectivity index (χ1) is 9.72. The molecule has 3 aromatic rings. The molecule has 2 aromatic heterocycles. The molecule has 2 heterocycles. The summed E-state index contributed by atoms with van der Waals surface area (Å²) in [4.78, 5) is 8.42. The molecule has 0 spiro atoms. The molecule has 20 heavy (non-hydrogen) atoms. The number of benzene rings is 1. The number of rotatable bonds is 3. The van der Waals surface area contributed by atoms with E-state index >= 15 is 0 Å². The summed E-state index contributed by atoms with van der Waals surface area (Å²) in [5.41, 5.74) is 8.46. The van der Waals surface area contributed by atoms with Gasteiger partial charge in [-0.25, -0.2) is 9.37 Å². The minimum absolute atomic E-state index is 0.314. The summed E-state index contributed by atoms with van der Waals surface area (Å²) >= 11 is 0. The van der Waals surface area contributed by atoms with Crippen molar-refractivity contribution in [3.05, 3.63) is 42.5 Å². The smallest absolute Gasteiger partial charge is 0.151 e. The number of pyridine rings is 1. The first-order valence-electron chi connectivity index (χ1n) is 6.57. The van der Waals surface area contributed by atoms with Crippen LogP contribution < -0.4 is 5.73 Å². The lowest BCUT2D eigenvalue weighted by Crippen LogP contribution is -2.02. The zero-order valence-corrected chi connectivity index (χ0v) is 11.2. The highest BCUT2D eigenvalue weighted by atomic mass is 19.1. The van der Waals surface area contributed by atoms with Gasteiger partial charge < -0.3 is 10.3 Å². The Bertz CT molecular complexity index is 764. The molecule has 0 aliphatic heterocycles. The number of aryl methyl sites for hydroxylation is 1. The summed E-state index contributed by atoms with van der Waals surface area (Å²) in [6, 6.07) is 6.80. The predicted molar refractivity (Wildman–Crippen MR) is 77.6 cm³/mol. The number of aromatic nitrogens is 3. The topological polar surface area (TPSA) is 56.7 Å². The quantitative estimate of drug-likeness (QED) is 0.795. The third-order valence-corrected chi connectivity index (χ3v) is 3.27. The molecule has 0 unspecified atom stereocenters. The number of nitrogens with zero attached hydrogens (tertiary/aromatic N) is 3. The average molecular weight is 270 g/mol. The monoisotopic (exact) mass is 270 g/mol. The number of nitrogen functional groups attached to an aromatic ring is 1. The predicted octanol–water partition coefficient (Wildman–Crippen LogP) is 3.23. The molecule has 0 aliphatic carbocycles. The lowest BCUT2D eigenvalue weighted by atomic mass is 10.2. The number of anilines is 1. The Balaban J connectivity index is 2.32. The second-order valence-corrected chi connectivity index (χ2v) is 4.66. The second kappa shape index (κ2) is 4.92. The van der Waals surface area contributed by atoms with Gasteiger partial charge in [-0.1, -0.05) is 13.0 Å². The van der Waals surface area contributed by atoms with E-state index in [0.717, 1.165) is 24.0 Å². The average Bonchev–Trinajstić information content (AvgIpc) is 2.80. The van der Waals surface area contributed by atoms with Crippen LogP contribution >= 0.6 is 0 Å². The highest BCUT2D eigenvalue weighted by Gasteiger charge is 2.16. The zero-order valence-electron chi connectivity index (χ0n) is 11.2. The largest absolute Gasteiger partial charge is 0.397 e. The van der Waals surface area contributed by atoms with Crippen LogP contribution in [-0.4, -0.2) is 14.5 Å². The highest BCUT2D eigenvalue weighted by molar-refractivity contribution is 5.83. The van der Waals surface area contributed by atoms with Crippen LogP contribution in [0.15, 0.2) is 36.7 Å². The first kappa shape index (κ1) is 12.6. The van der Waals surface area contributed by atoms with Crippen molar-refractivity contribution < 1.29 is 4.39 Å². The fourth-order valence-corrected chi connectivity index (χ4v) is 2.38. The van der Waals surface area contributed by atoms with Crippen LogP contribution in [0.3, 0.4) is 0 Å². The van der Waals surface area contributed by atoms with Crippen molar-refractivity contribution in [3.8, 4) is 11.4 Å². The van der Waals surface area contributed by atoms with Crippen molar-refractivity contribution in [1.29, 1.82) is 0 Å². The molecule has 0 fully saturated rings. The van der Waals surface area contributed by atoms with Crippen molar-refractivity contribution in [2.75, 3.05) is 5.73 Å². The van der Waals surface area contributed by atoms with Crippen LogP contribution in [0.1, 0.15) is 13.3 Å².